The summed E-state index contributed by atoms with van der Waals surface area (Å²) in [5.41, 5.74) is 1.22. The Kier molecular flexibility index (Phi) is 3.87. The average Bonchev–Trinajstić information content (AvgIpc) is 2.81. The van der Waals surface area contributed by atoms with Crippen LogP contribution in [0, 0.1) is 11.8 Å². The van der Waals surface area contributed by atoms with Crippen molar-refractivity contribution in [3.8, 4) is 0 Å². The van der Waals surface area contributed by atoms with Crippen molar-refractivity contribution in [3.05, 3.63) is 10.6 Å². The van der Waals surface area contributed by atoms with Gasteiger partial charge < -0.3 is 5.32 Å². The maximum absolute atomic E-state index is 12.2. The van der Waals surface area contributed by atoms with Gasteiger partial charge in [0, 0.05) is 10.8 Å². The second kappa shape index (κ2) is 5.61. The summed E-state index contributed by atoms with van der Waals surface area (Å²) >= 11 is 1.69. The van der Waals surface area contributed by atoms with Crippen LogP contribution in [0.5, 0.6) is 0 Å². The van der Waals surface area contributed by atoms with Crippen molar-refractivity contribution in [3.63, 3.8) is 0 Å². The Morgan fingerprint density at radius 1 is 1.26 bits per heavy atom. The topological polar surface area (TPSA) is 42.0 Å². The standard InChI is InChI=1S/C15H22N2OS/c1-10-7-8-12-13(9-10)19-15(16-12)17-14(18)11-5-3-2-4-6-11/h10-11H,2-9H2,1H3,(H,16,17,18)/t10-/m0/s1. The quantitative estimate of drug-likeness (QED) is 0.894. The van der Waals surface area contributed by atoms with E-state index in [-0.39, 0.29) is 11.8 Å². The van der Waals surface area contributed by atoms with E-state index in [4.69, 9.17) is 0 Å². The van der Waals surface area contributed by atoms with Gasteiger partial charge in [-0.15, -0.1) is 11.3 Å². The number of nitrogens with zero attached hydrogens (tertiary/aromatic N) is 1. The van der Waals surface area contributed by atoms with Gasteiger partial charge in [-0.25, -0.2) is 4.98 Å². The summed E-state index contributed by atoms with van der Waals surface area (Å²) in [5.74, 6) is 1.17. The number of amides is 1. The van der Waals surface area contributed by atoms with Crippen LogP contribution >= 0.6 is 11.3 Å². The van der Waals surface area contributed by atoms with Crippen molar-refractivity contribution in [1.29, 1.82) is 0 Å². The van der Waals surface area contributed by atoms with Gasteiger partial charge in [-0.2, -0.15) is 0 Å². The maximum atomic E-state index is 12.2. The Labute approximate surface area is 118 Å². The molecule has 1 aromatic heterocycles. The zero-order valence-electron chi connectivity index (χ0n) is 11.6. The summed E-state index contributed by atoms with van der Waals surface area (Å²) in [6.07, 6.45) is 9.22. The van der Waals surface area contributed by atoms with Crippen molar-refractivity contribution in [2.75, 3.05) is 5.32 Å². The van der Waals surface area contributed by atoms with Gasteiger partial charge in [0.05, 0.1) is 5.69 Å². The van der Waals surface area contributed by atoms with Gasteiger partial charge in [-0.05, 0) is 38.0 Å². The third-order valence-corrected chi connectivity index (χ3v) is 5.43. The highest BCUT2D eigenvalue weighted by Gasteiger charge is 2.24. The van der Waals surface area contributed by atoms with Gasteiger partial charge in [0.2, 0.25) is 5.91 Å². The minimum atomic E-state index is 0.193. The van der Waals surface area contributed by atoms with Gasteiger partial charge in [-0.1, -0.05) is 26.2 Å². The van der Waals surface area contributed by atoms with Crippen molar-refractivity contribution in [2.45, 2.75) is 58.3 Å². The zero-order valence-corrected chi connectivity index (χ0v) is 12.4. The Balaban J connectivity index is 1.65. The minimum absolute atomic E-state index is 0.193. The molecule has 1 amide bonds. The largest absolute Gasteiger partial charge is 0.302 e. The molecule has 104 valence electrons. The van der Waals surface area contributed by atoms with E-state index in [9.17, 15) is 4.79 Å². The summed E-state index contributed by atoms with van der Waals surface area (Å²) in [6, 6.07) is 0. The lowest BCUT2D eigenvalue weighted by Crippen LogP contribution is -2.24. The van der Waals surface area contributed by atoms with E-state index in [0.29, 0.717) is 0 Å². The number of hydrogen-bond donors (Lipinski definition) is 1. The van der Waals surface area contributed by atoms with Crippen molar-refractivity contribution >= 4 is 22.4 Å². The highest BCUT2D eigenvalue weighted by molar-refractivity contribution is 7.15. The van der Waals surface area contributed by atoms with Crippen molar-refractivity contribution < 1.29 is 4.79 Å². The highest BCUT2D eigenvalue weighted by atomic mass is 32.1. The van der Waals surface area contributed by atoms with E-state index < -0.39 is 0 Å². The number of thiazole rings is 1. The number of fused-ring (bicyclic) bond motifs is 1. The van der Waals surface area contributed by atoms with Crippen LogP contribution in [0.15, 0.2) is 0 Å². The second-order valence-corrected chi connectivity index (χ2v) is 7.14. The number of aromatic nitrogens is 1. The number of carbonyl (C=O) groups excluding carboxylic acids is 1. The fourth-order valence-electron chi connectivity index (χ4n) is 3.17. The number of anilines is 1. The molecule has 0 saturated heterocycles. The van der Waals surface area contributed by atoms with E-state index in [1.165, 1.54) is 36.3 Å². The molecule has 3 nitrogen and oxygen atoms in total. The van der Waals surface area contributed by atoms with Crippen LogP contribution < -0.4 is 5.32 Å². The van der Waals surface area contributed by atoms with E-state index in [0.717, 1.165) is 36.7 Å². The molecule has 1 saturated carbocycles. The molecule has 1 heterocycles. The van der Waals surface area contributed by atoms with Gasteiger partial charge >= 0.3 is 0 Å². The van der Waals surface area contributed by atoms with E-state index in [2.05, 4.69) is 17.2 Å². The first-order valence-corrected chi connectivity index (χ1v) is 8.33. The molecular formula is C15H22N2OS. The molecule has 1 aromatic rings. The Morgan fingerprint density at radius 3 is 2.84 bits per heavy atom. The molecular weight excluding hydrogens is 256 g/mol. The van der Waals surface area contributed by atoms with E-state index in [1.807, 2.05) is 0 Å². The highest BCUT2D eigenvalue weighted by Crippen LogP contribution is 2.33. The predicted molar refractivity (Wildman–Crippen MR) is 78.5 cm³/mol. The molecule has 1 atom stereocenters. The average molecular weight is 278 g/mol. The van der Waals surface area contributed by atoms with Crippen molar-refractivity contribution in [2.24, 2.45) is 11.8 Å². The molecule has 4 heteroatoms. The summed E-state index contributed by atoms with van der Waals surface area (Å²) in [5, 5.41) is 3.88. The normalized spacial score (nSPS) is 23.9. The first-order valence-electron chi connectivity index (χ1n) is 7.52. The van der Waals surface area contributed by atoms with Crippen LogP contribution in [0.3, 0.4) is 0 Å². The van der Waals surface area contributed by atoms with Crippen molar-refractivity contribution in [1.82, 2.24) is 4.98 Å². The molecule has 1 fully saturated rings. The Bertz CT molecular complexity index is 463. The molecule has 0 unspecified atom stereocenters. The lowest BCUT2D eigenvalue weighted by Gasteiger charge is -2.19. The molecule has 0 spiro atoms. The third kappa shape index (κ3) is 2.99. The zero-order chi connectivity index (χ0) is 13.2. The molecule has 19 heavy (non-hydrogen) atoms. The fraction of sp³-hybridized carbons (Fsp3) is 0.733. The first kappa shape index (κ1) is 13.1. The Morgan fingerprint density at radius 2 is 2.05 bits per heavy atom. The lowest BCUT2D eigenvalue weighted by atomic mass is 9.89. The van der Waals surface area contributed by atoms with Crippen LogP contribution in [-0.2, 0) is 17.6 Å². The summed E-state index contributed by atoms with van der Waals surface area (Å²) in [4.78, 5) is 18.2. The minimum Gasteiger partial charge on any atom is -0.302 e. The monoisotopic (exact) mass is 278 g/mol. The number of nitrogens with one attached hydrogen (secondary N) is 1. The van der Waals surface area contributed by atoms with Crippen LogP contribution in [0.2, 0.25) is 0 Å². The van der Waals surface area contributed by atoms with Crippen LogP contribution in [-0.4, -0.2) is 10.9 Å². The first-order chi connectivity index (χ1) is 9.22. The second-order valence-electron chi connectivity index (χ2n) is 6.06. The predicted octanol–water partition coefficient (Wildman–Crippen LogP) is 3.79. The molecule has 2 aliphatic carbocycles. The smallest absolute Gasteiger partial charge is 0.229 e. The number of hydrogen-bond acceptors (Lipinski definition) is 3. The molecule has 3 rings (SSSR count). The molecule has 2 aliphatic rings. The van der Waals surface area contributed by atoms with Gasteiger partial charge in [0.1, 0.15) is 0 Å². The summed E-state index contributed by atoms with van der Waals surface area (Å²) < 4.78 is 0. The van der Waals surface area contributed by atoms with Crippen LogP contribution in [0.25, 0.3) is 0 Å². The molecule has 0 aliphatic heterocycles. The van der Waals surface area contributed by atoms with Gasteiger partial charge in [0.25, 0.3) is 0 Å². The van der Waals surface area contributed by atoms with Gasteiger partial charge in [-0.3, -0.25) is 4.79 Å². The fourth-order valence-corrected chi connectivity index (χ4v) is 4.34. The maximum Gasteiger partial charge on any atom is 0.229 e. The SMILES string of the molecule is C[C@H]1CCc2nc(NC(=O)C3CCCCC3)sc2C1. The van der Waals surface area contributed by atoms with Crippen LogP contribution in [0.4, 0.5) is 5.13 Å². The molecule has 1 N–H and O–H groups in total. The molecule has 0 aromatic carbocycles. The number of aryl methyl sites for hydroxylation is 1. The van der Waals surface area contributed by atoms with E-state index >= 15 is 0 Å². The summed E-state index contributed by atoms with van der Waals surface area (Å²) in [7, 11) is 0. The lowest BCUT2D eigenvalue weighted by molar-refractivity contribution is -0.120. The third-order valence-electron chi connectivity index (χ3n) is 4.39. The van der Waals surface area contributed by atoms with Gasteiger partial charge in [0.15, 0.2) is 5.13 Å². The molecule has 0 bridgehead atoms. The Hall–Kier alpha value is -0.900. The number of rotatable bonds is 2. The van der Waals surface area contributed by atoms with E-state index in [1.54, 1.807) is 11.3 Å². The number of carbonyl (C=O) groups is 1. The molecule has 0 radical (unpaired) electrons. The summed E-state index contributed by atoms with van der Waals surface area (Å²) in [6.45, 7) is 2.29. The van der Waals surface area contributed by atoms with Crippen LogP contribution in [0.1, 0.15) is 56.0 Å².